The lowest BCUT2D eigenvalue weighted by molar-refractivity contribution is 0.0893. The van der Waals surface area contributed by atoms with Gasteiger partial charge in [-0.3, -0.25) is 10.1 Å². The molecule has 0 aliphatic heterocycles. The zero-order valence-electron chi connectivity index (χ0n) is 11.1. The van der Waals surface area contributed by atoms with Crippen molar-refractivity contribution in [3.63, 3.8) is 0 Å². The molecule has 1 atom stereocenters. The number of nitrogens with one attached hydrogen (secondary N) is 2. The fourth-order valence-corrected chi connectivity index (χ4v) is 2.64. The van der Waals surface area contributed by atoms with Crippen molar-refractivity contribution >= 4 is 40.7 Å². The maximum atomic E-state index is 13.1. The van der Waals surface area contributed by atoms with Crippen LogP contribution in [0, 0.1) is 0 Å². The van der Waals surface area contributed by atoms with E-state index in [0.29, 0.717) is 25.7 Å². The summed E-state index contributed by atoms with van der Waals surface area (Å²) in [6.07, 6.45) is 1.93. The maximum absolute atomic E-state index is 13.1. The van der Waals surface area contributed by atoms with Gasteiger partial charge < -0.3 is 9.73 Å². The van der Waals surface area contributed by atoms with E-state index in [1.165, 1.54) is 12.3 Å². The number of halogens is 4. The van der Waals surface area contributed by atoms with Crippen molar-refractivity contribution in [2.24, 2.45) is 0 Å². The Morgan fingerprint density at radius 2 is 2.00 bits per heavy atom. The van der Waals surface area contributed by atoms with Gasteiger partial charge in [0, 0.05) is 6.04 Å². The van der Waals surface area contributed by atoms with Crippen LogP contribution in [0.15, 0.2) is 22.8 Å². The number of hydrogen-bond acceptors (Lipinski definition) is 3. The highest BCUT2D eigenvalue weighted by molar-refractivity contribution is 6.68. The van der Waals surface area contributed by atoms with E-state index in [-0.39, 0.29) is 11.8 Å². The van der Waals surface area contributed by atoms with E-state index in [1.807, 2.05) is 0 Å². The van der Waals surface area contributed by atoms with Crippen LogP contribution in [-0.4, -0.2) is 28.1 Å². The van der Waals surface area contributed by atoms with Gasteiger partial charge in [-0.05, 0) is 37.8 Å². The molecule has 118 valence electrons. The van der Waals surface area contributed by atoms with Gasteiger partial charge in [0.15, 0.2) is 5.76 Å². The summed E-state index contributed by atoms with van der Waals surface area (Å²) < 4.78 is 16.4. The molecule has 1 aliphatic carbocycles. The van der Waals surface area contributed by atoms with E-state index in [4.69, 9.17) is 39.2 Å². The van der Waals surface area contributed by atoms with Crippen LogP contribution in [0.2, 0.25) is 0 Å². The Morgan fingerprint density at radius 1 is 1.33 bits per heavy atom. The Kier molecular flexibility index (Phi) is 5.77. The second kappa shape index (κ2) is 7.18. The number of amides is 1. The normalized spacial score (nSPS) is 24.6. The molecular formula is C13H16Cl3FN2O2. The van der Waals surface area contributed by atoms with Crippen LogP contribution in [0.25, 0.3) is 0 Å². The summed E-state index contributed by atoms with van der Waals surface area (Å²) in [6.45, 7) is 0. The molecule has 0 spiro atoms. The van der Waals surface area contributed by atoms with Gasteiger partial charge in [0.2, 0.25) is 3.79 Å². The Labute approximate surface area is 137 Å². The minimum Gasteiger partial charge on any atom is -0.459 e. The molecule has 1 aromatic heterocycles. The summed E-state index contributed by atoms with van der Waals surface area (Å²) in [5, 5.41) is 5.66. The molecule has 1 fully saturated rings. The second-order valence-corrected chi connectivity index (χ2v) is 7.41. The lowest BCUT2D eigenvalue weighted by Gasteiger charge is -2.33. The van der Waals surface area contributed by atoms with Crippen LogP contribution in [0.5, 0.6) is 0 Å². The molecular weight excluding hydrogens is 342 g/mol. The first kappa shape index (κ1) is 16.9. The number of furan rings is 1. The summed E-state index contributed by atoms with van der Waals surface area (Å²) in [6, 6.07) is 3.10. The quantitative estimate of drug-likeness (QED) is 0.640. The van der Waals surface area contributed by atoms with E-state index < -0.39 is 22.0 Å². The summed E-state index contributed by atoms with van der Waals surface area (Å²) >= 11 is 17.7. The van der Waals surface area contributed by atoms with Gasteiger partial charge in [-0.2, -0.15) is 0 Å². The Hall–Kier alpha value is -0.490. The first-order valence-electron chi connectivity index (χ1n) is 6.67. The van der Waals surface area contributed by atoms with Gasteiger partial charge >= 0.3 is 0 Å². The van der Waals surface area contributed by atoms with Gasteiger partial charge in [0.05, 0.1) is 6.26 Å². The zero-order valence-corrected chi connectivity index (χ0v) is 13.4. The van der Waals surface area contributed by atoms with Crippen LogP contribution < -0.4 is 10.6 Å². The molecule has 1 unspecified atom stereocenters. The predicted octanol–water partition coefficient (Wildman–Crippen LogP) is 3.58. The van der Waals surface area contributed by atoms with Gasteiger partial charge in [0.1, 0.15) is 12.3 Å². The average Bonchev–Trinajstić information content (AvgIpc) is 2.93. The standard InChI is InChI=1S/C13H16Cl3FN2O2/c14-13(15,16)12(18-9-5-3-8(17)4-6-9)19-11(20)10-2-1-7-21-10/h1-2,7-9,12,18H,3-6H2,(H,19,20). The zero-order chi connectivity index (χ0) is 15.5. The smallest absolute Gasteiger partial charge is 0.288 e. The summed E-state index contributed by atoms with van der Waals surface area (Å²) in [5.41, 5.74) is 0. The van der Waals surface area contributed by atoms with Crippen molar-refractivity contribution in [2.45, 2.75) is 47.9 Å². The Balaban J connectivity index is 1.97. The van der Waals surface area contributed by atoms with E-state index in [0.717, 1.165) is 0 Å². The van der Waals surface area contributed by atoms with Crippen molar-refractivity contribution in [1.29, 1.82) is 0 Å². The van der Waals surface area contributed by atoms with Crippen LogP contribution in [0.4, 0.5) is 4.39 Å². The van der Waals surface area contributed by atoms with Crippen LogP contribution >= 0.6 is 34.8 Å². The molecule has 0 aromatic carbocycles. The highest BCUT2D eigenvalue weighted by Crippen LogP contribution is 2.31. The molecule has 0 bridgehead atoms. The largest absolute Gasteiger partial charge is 0.459 e. The second-order valence-electron chi connectivity index (χ2n) is 5.04. The molecule has 21 heavy (non-hydrogen) atoms. The van der Waals surface area contributed by atoms with Gasteiger partial charge in [-0.1, -0.05) is 34.8 Å². The molecule has 2 rings (SSSR count). The SMILES string of the molecule is O=C(NC(NC1CCC(F)CC1)C(Cl)(Cl)Cl)c1ccco1. The average molecular weight is 358 g/mol. The van der Waals surface area contributed by atoms with Crippen molar-refractivity contribution in [3.8, 4) is 0 Å². The molecule has 1 aliphatic rings. The van der Waals surface area contributed by atoms with Crippen LogP contribution in [0.1, 0.15) is 36.2 Å². The van der Waals surface area contributed by atoms with Crippen molar-refractivity contribution in [3.05, 3.63) is 24.2 Å². The fraction of sp³-hybridized carbons (Fsp3) is 0.615. The monoisotopic (exact) mass is 356 g/mol. The van der Waals surface area contributed by atoms with Crippen molar-refractivity contribution < 1.29 is 13.6 Å². The molecule has 1 amide bonds. The fourth-order valence-electron chi connectivity index (χ4n) is 2.28. The lowest BCUT2D eigenvalue weighted by Crippen LogP contribution is -2.57. The molecule has 1 aromatic rings. The third-order valence-corrected chi connectivity index (χ3v) is 4.06. The summed E-state index contributed by atoms with van der Waals surface area (Å²) in [4.78, 5) is 12.0. The van der Waals surface area contributed by atoms with Gasteiger partial charge in [0.25, 0.3) is 5.91 Å². The molecule has 2 N–H and O–H groups in total. The highest BCUT2D eigenvalue weighted by Gasteiger charge is 2.36. The van der Waals surface area contributed by atoms with Crippen molar-refractivity contribution in [1.82, 2.24) is 10.6 Å². The van der Waals surface area contributed by atoms with Gasteiger partial charge in [-0.25, -0.2) is 4.39 Å². The number of hydrogen-bond donors (Lipinski definition) is 2. The summed E-state index contributed by atoms with van der Waals surface area (Å²) in [5.74, 6) is -0.355. The first-order chi connectivity index (χ1) is 9.86. The van der Waals surface area contributed by atoms with Crippen LogP contribution in [-0.2, 0) is 0 Å². The van der Waals surface area contributed by atoms with E-state index in [1.54, 1.807) is 6.07 Å². The summed E-state index contributed by atoms with van der Waals surface area (Å²) in [7, 11) is 0. The molecule has 1 saturated carbocycles. The van der Waals surface area contributed by atoms with Crippen LogP contribution in [0.3, 0.4) is 0 Å². The number of carbonyl (C=O) groups excluding carboxylic acids is 1. The lowest BCUT2D eigenvalue weighted by atomic mass is 9.94. The van der Waals surface area contributed by atoms with Crippen molar-refractivity contribution in [2.75, 3.05) is 0 Å². The van der Waals surface area contributed by atoms with E-state index >= 15 is 0 Å². The topological polar surface area (TPSA) is 54.3 Å². The molecule has 1 heterocycles. The minimum atomic E-state index is -1.73. The molecule has 0 saturated heterocycles. The third-order valence-electron chi connectivity index (χ3n) is 3.41. The first-order valence-corrected chi connectivity index (χ1v) is 7.81. The maximum Gasteiger partial charge on any atom is 0.288 e. The minimum absolute atomic E-state index is 0.00507. The number of rotatable bonds is 4. The van der Waals surface area contributed by atoms with E-state index in [2.05, 4.69) is 10.6 Å². The highest BCUT2D eigenvalue weighted by atomic mass is 35.6. The molecule has 0 radical (unpaired) electrons. The van der Waals surface area contributed by atoms with E-state index in [9.17, 15) is 9.18 Å². The number of carbonyl (C=O) groups is 1. The number of alkyl halides is 4. The third kappa shape index (κ3) is 5.02. The van der Waals surface area contributed by atoms with Gasteiger partial charge in [-0.15, -0.1) is 0 Å². The predicted molar refractivity (Wildman–Crippen MR) is 80.5 cm³/mol. The Bertz CT molecular complexity index is 456. The molecule has 4 nitrogen and oxygen atoms in total. The Morgan fingerprint density at radius 3 is 2.52 bits per heavy atom. The molecule has 8 heteroatoms.